The number of aryl methyl sites for hydroxylation is 1. The van der Waals surface area contributed by atoms with Gasteiger partial charge in [0.25, 0.3) is 5.03 Å². The second-order valence-electron chi connectivity index (χ2n) is 6.81. The van der Waals surface area contributed by atoms with E-state index in [1.165, 1.54) is 0 Å². The topological polar surface area (TPSA) is 80.3 Å². The van der Waals surface area contributed by atoms with Gasteiger partial charge in [-0.05, 0) is 36.8 Å². The Labute approximate surface area is 172 Å². The van der Waals surface area contributed by atoms with Crippen LogP contribution in [-0.4, -0.2) is 41.8 Å². The molecule has 0 spiro atoms. The van der Waals surface area contributed by atoms with Gasteiger partial charge in [-0.2, -0.15) is 5.10 Å². The van der Waals surface area contributed by atoms with Crippen molar-refractivity contribution in [2.45, 2.75) is 24.8 Å². The predicted octanol–water partition coefficient (Wildman–Crippen LogP) is 3.71. The van der Waals surface area contributed by atoms with Gasteiger partial charge in [-0.1, -0.05) is 13.3 Å². The zero-order valence-corrected chi connectivity index (χ0v) is 17.5. The number of unbranched alkanes of at least 4 members (excludes halogenated alkanes) is 1. The van der Waals surface area contributed by atoms with Gasteiger partial charge in [0.05, 0.1) is 30.8 Å². The maximum absolute atomic E-state index is 12.6. The minimum atomic E-state index is -1.14. The van der Waals surface area contributed by atoms with Gasteiger partial charge >= 0.3 is 0 Å². The van der Waals surface area contributed by atoms with E-state index in [0.29, 0.717) is 16.4 Å². The zero-order chi connectivity index (χ0) is 20.4. The van der Waals surface area contributed by atoms with Crippen molar-refractivity contribution >= 4 is 16.8 Å². The normalized spacial score (nSPS) is 12.4. The molecule has 0 saturated carbocycles. The Morgan fingerprint density at radius 2 is 1.93 bits per heavy atom. The van der Waals surface area contributed by atoms with Crippen molar-refractivity contribution in [1.29, 1.82) is 0 Å². The third-order valence-corrected chi connectivity index (χ3v) is 6.03. The molecule has 29 heavy (non-hydrogen) atoms. The van der Waals surface area contributed by atoms with Gasteiger partial charge in [0.15, 0.2) is 5.65 Å². The number of nitrogens with zero attached hydrogens (tertiary/aromatic N) is 5. The number of ether oxygens (including phenoxy) is 1. The maximum atomic E-state index is 12.6. The van der Waals surface area contributed by atoms with Crippen LogP contribution in [0.3, 0.4) is 0 Å². The highest BCUT2D eigenvalue weighted by atomic mass is 32.2. The molecule has 1 aromatic carbocycles. The van der Waals surface area contributed by atoms with Crippen LogP contribution in [0, 0.1) is 0 Å². The van der Waals surface area contributed by atoms with Gasteiger partial charge in [0, 0.05) is 35.5 Å². The first-order valence-corrected chi connectivity index (χ1v) is 10.8. The van der Waals surface area contributed by atoms with E-state index in [1.807, 2.05) is 49.6 Å². The summed E-state index contributed by atoms with van der Waals surface area (Å²) in [5.41, 5.74) is 4.21. The number of hydrogen-bond donors (Lipinski definition) is 0. The molecular formula is C21H23N5O2S. The van der Waals surface area contributed by atoms with E-state index in [9.17, 15) is 4.55 Å². The maximum Gasteiger partial charge on any atom is 0.265 e. The predicted molar refractivity (Wildman–Crippen MR) is 113 cm³/mol. The lowest BCUT2D eigenvalue weighted by atomic mass is 10.1. The van der Waals surface area contributed by atoms with Crippen molar-refractivity contribution in [3.63, 3.8) is 0 Å². The Bertz CT molecular complexity index is 1120. The van der Waals surface area contributed by atoms with Gasteiger partial charge in [0.2, 0.25) is 0 Å². The van der Waals surface area contributed by atoms with E-state index in [0.717, 1.165) is 41.1 Å². The quantitative estimate of drug-likeness (QED) is 0.435. The Balaban J connectivity index is 1.84. The number of aromatic nitrogens is 5. The molecule has 3 heterocycles. The first-order valence-electron chi connectivity index (χ1n) is 9.51. The monoisotopic (exact) mass is 409 g/mol. The molecule has 150 valence electrons. The molecule has 0 aliphatic rings. The molecule has 1 unspecified atom stereocenters. The van der Waals surface area contributed by atoms with Gasteiger partial charge in [-0.15, -0.1) is 5.10 Å². The van der Waals surface area contributed by atoms with Gasteiger partial charge < -0.3 is 9.29 Å². The molecule has 4 aromatic rings. The fourth-order valence-electron chi connectivity index (χ4n) is 3.11. The summed E-state index contributed by atoms with van der Waals surface area (Å²) in [5, 5.41) is 9.45. The van der Waals surface area contributed by atoms with Crippen LogP contribution in [0.25, 0.3) is 28.2 Å². The van der Waals surface area contributed by atoms with Crippen LogP contribution in [-0.2, 0) is 18.2 Å². The summed E-state index contributed by atoms with van der Waals surface area (Å²) < 4.78 is 21.4. The second-order valence-corrected chi connectivity index (χ2v) is 8.33. The summed E-state index contributed by atoms with van der Waals surface area (Å²) in [5.74, 6) is 1.40. The molecule has 0 amide bonds. The molecule has 3 aromatic heterocycles. The van der Waals surface area contributed by atoms with Crippen LogP contribution in [0.5, 0.6) is 5.75 Å². The summed E-state index contributed by atoms with van der Waals surface area (Å²) >= 11 is -1.14. The van der Waals surface area contributed by atoms with Crippen LogP contribution in [0.15, 0.2) is 53.8 Å². The minimum absolute atomic E-state index is 0.558. The zero-order valence-electron chi connectivity index (χ0n) is 16.7. The van der Waals surface area contributed by atoms with Crippen LogP contribution < -0.4 is 4.74 Å². The summed E-state index contributed by atoms with van der Waals surface area (Å²) in [4.78, 5) is 4.78. The summed E-state index contributed by atoms with van der Waals surface area (Å²) in [7, 11) is 3.52. The third-order valence-electron chi connectivity index (χ3n) is 4.71. The van der Waals surface area contributed by atoms with Crippen LogP contribution in [0.2, 0.25) is 0 Å². The standard InChI is InChI=1S/C21H23N5O2S/c1-4-5-10-29(27)21-12-20-23-18(15-6-8-17(28-3)9-7-15)11-19(26(20)24-21)16-13-22-25(2)14-16/h6-9,11-14H,4-5,10H2,1-3H3. The summed E-state index contributed by atoms with van der Waals surface area (Å²) in [6.07, 6.45) is 5.63. The molecule has 0 fully saturated rings. The van der Waals surface area contributed by atoms with Gasteiger partial charge in [-0.3, -0.25) is 4.68 Å². The van der Waals surface area contributed by atoms with E-state index in [-0.39, 0.29) is 0 Å². The lowest BCUT2D eigenvalue weighted by Gasteiger charge is -2.08. The molecule has 1 atom stereocenters. The van der Waals surface area contributed by atoms with Crippen molar-refractivity contribution in [1.82, 2.24) is 24.4 Å². The molecule has 0 radical (unpaired) electrons. The lowest BCUT2D eigenvalue weighted by Crippen LogP contribution is -2.07. The molecule has 0 saturated heterocycles. The van der Waals surface area contributed by atoms with E-state index in [1.54, 1.807) is 22.5 Å². The lowest BCUT2D eigenvalue weighted by molar-refractivity contribution is 0.415. The van der Waals surface area contributed by atoms with Gasteiger partial charge in [0.1, 0.15) is 11.5 Å². The molecule has 0 aliphatic heterocycles. The largest absolute Gasteiger partial charge is 0.610 e. The number of rotatable bonds is 7. The SMILES string of the molecule is CCCC[S+]([O-])c1cc2nc(-c3ccc(OC)cc3)cc(-c3cnn(C)c3)n2n1. The molecule has 0 N–H and O–H groups in total. The van der Waals surface area contributed by atoms with Crippen LogP contribution in [0.1, 0.15) is 19.8 Å². The highest BCUT2D eigenvalue weighted by molar-refractivity contribution is 7.91. The van der Waals surface area contributed by atoms with E-state index in [2.05, 4.69) is 17.1 Å². The number of fused-ring (bicyclic) bond motifs is 1. The average molecular weight is 410 g/mol. The second kappa shape index (κ2) is 8.26. The van der Waals surface area contributed by atoms with Crippen molar-refractivity contribution in [2.75, 3.05) is 12.9 Å². The van der Waals surface area contributed by atoms with E-state index < -0.39 is 11.2 Å². The Morgan fingerprint density at radius 1 is 1.14 bits per heavy atom. The van der Waals surface area contributed by atoms with E-state index >= 15 is 0 Å². The number of hydrogen-bond acceptors (Lipinski definition) is 5. The third kappa shape index (κ3) is 3.99. The summed E-state index contributed by atoms with van der Waals surface area (Å²) in [6, 6.07) is 11.6. The van der Waals surface area contributed by atoms with Crippen molar-refractivity contribution in [2.24, 2.45) is 7.05 Å². The average Bonchev–Trinajstić information content (AvgIpc) is 3.37. The highest BCUT2D eigenvalue weighted by Gasteiger charge is 2.19. The fourth-order valence-corrected chi connectivity index (χ4v) is 4.28. The number of methoxy groups -OCH3 is 1. The minimum Gasteiger partial charge on any atom is -0.610 e. The number of benzene rings is 1. The Hall–Kier alpha value is -2.84. The molecule has 0 bridgehead atoms. The highest BCUT2D eigenvalue weighted by Crippen LogP contribution is 2.28. The van der Waals surface area contributed by atoms with Crippen molar-refractivity contribution < 1.29 is 9.29 Å². The summed E-state index contributed by atoms with van der Waals surface area (Å²) in [6.45, 7) is 2.09. The van der Waals surface area contributed by atoms with Gasteiger partial charge in [-0.25, -0.2) is 9.50 Å². The molecular weight excluding hydrogens is 386 g/mol. The first-order chi connectivity index (χ1) is 14.1. The van der Waals surface area contributed by atoms with E-state index in [4.69, 9.17) is 9.72 Å². The van der Waals surface area contributed by atoms with Crippen LogP contribution >= 0.6 is 0 Å². The fraction of sp³-hybridized carbons (Fsp3) is 0.286. The molecule has 0 aliphatic carbocycles. The smallest absolute Gasteiger partial charge is 0.265 e. The Kier molecular flexibility index (Phi) is 5.55. The van der Waals surface area contributed by atoms with Crippen molar-refractivity contribution in [3.8, 4) is 28.3 Å². The molecule has 8 heteroatoms. The van der Waals surface area contributed by atoms with Crippen molar-refractivity contribution in [3.05, 3.63) is 48.8 Å². The molecule has 4 rings (SSSR count). The van der Waals surface area contributed by atoms with Crippen LogP contribution in [0.4, 0.5) is 0 Å². The Morgan fingerprint density at radius 3 is 2.59 bits per heavy atom. The first kappa shape index (κ1) is 19.5. The molecule has 7 nitrogen and oxygen atoms in total.